The van der Waals surface area contributed by atoms with Crippen LogP contribution in [0.1, 0.15) is 61.9 Å². The van der Waals surface area contributed by atoms with Crippen LogP contribution in [0.2, 0.25) is 0 Å². The molecule has 4 nitrogen and oxygen atoms in total. The van der Waals surface area contributed by atoms with Gasteiger partial charge in [-0.05, 0) is 84.0 Å². The van der Waals surface area contributed by atoms with Gasteiger partial charge in [-0.15, -0.1) is 0 Å². The molecule has 0 aliphatic heterocycles. The van der Waals surface area contributed by atoms with Gasteiger partial charge in [0, 0.05) is 0 Å². The van der Waals surface area contributed by atoms with E-state index in [2.05, 4.69) is 70.3 Å². The fraction of sp³-hybridized carbons (Fsp3) is 0.458. The minimum atomic E-state index is -0.969. The number of ether oxygens (including phenoxy) is 1. The number of fused-ring (bicyclic) bond motifs is 1. The van der Waals surface area contributed by atoms with E-state index in [1.165, 1.54) is 16.7 Å². The Morgan fingerprint density at radius 1 is 1.18 bits per heavy atom. The van der Waals surface area contributed by atoms with Crippen molar-refractivity contribution in [1.29, 1.82) is 0 Å². The van der Waals surface area contributed by atoms with Gasteiger partial charge >= 0.3 is 6.09 Å². The smallest absolute Gasteiger partial charge is 0.405 e. The van der Waals surface area contributed by atoms with E-state index in [4.69, 9.17) is 4.74 Å². The third-order valence-corrected chi connectivity index (χ3v) is 5.79. The van der Waals surface area contributed by atoms with Crippen molar-refractivity contribution in [3.05, 3.63) is 52.6 Å². The average Bonchev–Trinajstić information content (AvgIpc) is 2.63. The number of hydrogen-bond donors (Lipinski definition) is 2. The largest absolute Gasteiger partial charge is 0.493 e. The van der Waals surface area contributed by atoms with Crippen molar-refractivity contribution in [2.24, 2.45) is 5.41 Å². The number of amides is 1. The van der Waals surface area contributed by atoms with Gasteiger partial charge in [-0.1, -0.05) is 39.0 Å². The number of rotatable bonds is 5. The summed E-state index contributed by atoms with van der Waals surface area (Å²) in [5, 5.41) is 12.0. The Labute approximate surface area is 167 Å². The number of carbonyl (C=O) groups is 1. The molecule has 0 heterocycles. The van der Waals surface area contributed by atoms with Crippen LogP contribution in [0.25, 0.3) is 11.1 Å². The molecule has 4 heteroatoms. The molecular formula is C24H31NO3. The Morgan fingerprint density at radius 3 is 2.46 bits per heavy atom. The van der Waals surface area contributed by atoms with E-state index in [1.54, 1.807) is 0 Å². The highest BCUT2D eigenvalue weighted by Gasteiger charge is 2.37. The molecule has 3 rings (SSSR count). The summed E-state index contributed by atoms with van der Waals surface area (Å²) in [5.74, 6) is 0.982. The maximum atomic E-state index is 11.3. The van der Waals surface area contributed by atoms with Crippen LogP contribution in [-0.2, 0) is 6.42 Å². The van der Waals surface area contributed by atoms with Crippen LogP contribution in [0.4, 0.5) is 4.79 Å². The summed E-state index contributed by atoms with van der Waals surface area (Å²) in [6.07, 6.45) is 1.94. The van der Waals surface area contributed by atoms with Gasteiger partial charge in [-0.3, -0.25) is 0 Å². The van der Waals surface area contributed by atoms with Crippen LogP contribution in [-0.4, -0.2) is 17.8 Å². The molecule has 28 heavy (non-hydrogen) atoms. The second-order valence-electron chi connectivity index (χ2n) is 8.57. The van der Waals surface area contributed by atoms with E-state index in [-0.39, 0.29) is 11.5 Å². The number of carboxylic acid groups (broad SMARTS) is 1. The lowest BCUT2D eigenvalue weighted by Crippen LogP contribution is -2.40. The minimum absolute atomic E-state index is 0.0989. The molecule has 2 N–H and O–H groups in total. The Kier molecular flexibility index (Phi) is 5.69. The molecule has 0 aromatic heterocycles. The summed E-state index contributed by atoms with van der Waals surface area (Å²) in [7, 11) is 0. The molecule has 0 saturated carbocycles. The predicted molar refractivity (Wildman–Crippen MR) is 113 cm³/mol. The Bertz CT molecular complexity index is 862. The minimum Gasteiger partial charge on any atom is -0.493 e. The van der Waals surface area contributed by atoms with E-state index in [0.717, 1.165) is 48.3 Å². The molecule has 1 amide bonds. The molecule has 2 aromatic carbocycles. The van der Waals surface area contributed by atoms with Crippen molar-refractivity contribution >= 4 is 6.09 Å². The molecule has 0 bridgehead atoms. The quantitative estimate of drug-likeness (QED) is 0.664. The monoisotopic (exact) mass is 381 g/mol. The van der Waals surface area contributed by atoms with Gasteiger partial charge in [0.1, 0.15) is 5.75 Å². The van der Waals surface area contributed by atoms with Gasteiger partial charge in [0.2, 0.25) is 0 Å². The van der Waals surface area contributed by atoms with Crippen LogP contribution >= 0.6 is 0 Å². The second kappa shape index (κ2) is 7.86. The second-order valence-corrected chi connectivity index (χ2v) is 8.57. The number of hydrogen-bond acceptors (Lipinski definition) is 2. The third kappa shape index (κ3) is 4.01. The molecule has 0 saturated heterocycles. The van der Waals surface area contributed by atoms with Gasteiger partial charge < -0.3 is 15.2 Å². The number of benzene rings is 2. The first-order valence-corrected chi connectivity index (χ1v) is 10.1. The molecule has 2 aromatic rings. The van der Waals surface area contributed by atoms with Crippen LogP contribution in [0.5, 0.6) is 5.75 Å². The molecular weight excluding hydrogens is 350 g/mol. The van der Waals surface area contributed by atoms with Crippen LogP contribution < -0.4 is 10.1 Å². The SMILES string of the molecule is CCCOc1c(C)cc(-c2ccc3c(c2)CCC(C)(C)[C@H]3NC(=O)O)cc1C. The Morgan fingerprint density at radius 2 is 1.86 bits per heavy atom. The van der Waals surface area contributed by atoms with Gasteiger partial charge in [0.15, 0.2) is 0 Å². The summed E-state index contributed by atoms with van der Waals surface area (Å²) < 4.78 is 5.91. The topological polar surface area (TPSA) is 58.6 Å². The summed E-state index contributed by atoms with van der Waals surface area (Å²) in [6, 6.07) is 10.6. The molecule has 1 atom stereocenters. The molecule has 0 radical (unpaired) electrons. The van der Waals surface area contributed by atoms with Crippen molar-refractivity contribution in [2.75, 3.05) is 6.61 Å². The third-order valence-electron chi connectivity index (χ3n) is 5.79. The Balaban J connectivity index is 1.97. The first-order valence-electron chi connectivity index (χ1n) is 10.1. The van der Waals surface area contributed by atoms with Gasteiger partial charge in [0.05, 0.1) is 12.6 Å². The predicted octanol–water partition coefficient (Wildman–Crippen LogP) is 6.04. The highest BCUT2D eigenvalue weighted by Crippen LogP contribution is 2.44. The number of aryl methyl sites for hydroxylation is 3. The number of nitrogens with one attached hydrogen (secondary N) is 1. The fourth-order valence-corrected chi connectivity index (χ4v) is 4.25. The van der Waals surface area contributed by atoms with E-state index in [9.17, 15) is 9.90 Å². The van der Waals surface area contributed by atoms with Crippen molar-refractivity contribution < 1.29 is 14.6 Å². The summed E-state index contributed by atoms with van der Waals surface area (Å²) in [4.78, 5) is 11.3. The van der Waals surface area contributed by atoms with Crippen LogP contribution in [0.15, 0.2) is 30.3 Å². The van der Waals surface area contributed by atoms with E-state index < -0.39 is 6.09 Å². The van der Waals surface area contributed by atoms with Gasteiger partial charge in [-0.2, -0.15) is 0 Å². The maximum absolute atomic E-state index is 11.3. The zero-order valence-corrected chi connectivity index (χ0v) is 17.6. The lowest BCUT2D eigenvalue weighted by molar-refractivity contribution is 0.161. The molecule has 0 fully saturated rings. The van der Waals surface area contributed by atoms with Gasteiger partial charge in [-0.25, -0.2) is 4.79 Å². The van der Waals surface area contributed by atoms with Crippen LogP contribution in [0.3, 0.4) is 0 Å². The highest BCUT2D eigenvalue weighted by atomic mass is 16.5. The first-order chi connectivity index (χ1) is 13.2. The average molecular weight is 382 g/mol. The van der Waals surface area contributed by atoms with Crippen molar-refractivity contribution in [3.63, 3.8) is 0 Å². The van der Waals surface area contributed by atoms with Crippen LogP contribution in [0, 0.1) is 19.3 Å². The molecule has 1 aliphatic carbocycles. The van der Waals surface area contributed by atoms with E-state index in [0.29, 0.717) is 0 Å². The van der Waals surface area contributed by atoms with Crippen molar-refractivity contribution in [1.82, 2.24) is 5.32 Å². The molecule has 0 unspecified atom stereocenters. The molecule has 150 valence electrons. The zero-order valence-electron chi connectivity index (χ0n) is 17.6. The zero-order chi connectivity index (χ0) is 20.5. The van der Waals surface area contributed by atoms with Crippen molar-refractivity contribution in [3.8, 4) is 16.9 Å². The Hall–Kier alpha value is -2.49. The van der Waals surface area contributed by atoms with E-state index >= 15 is 0 Å². The fourth-order valence-electron chi connectivity index (χ4n) is 4.25. The summed E-state index contributed by atoms with van der Waals surface area (Å²) in [5.41, 5.74) is 6.87. The molecule has 1 aliphatic rings. The summed E-state index contributed by atoms with van der Waals surface area (Å²) in [6.45, 7) is 11.3. The lowest BCUT2D eigenvalue weighted by atomic mass is 9.70. The highest BCUT2D eigenvalue weighted by molar-refractivity contribution is 5.70. The first kappa shape index (κ1) is 20.2. The standard InChI is InChI=1S/C24H31NO3/c1-6-11-28-21-15(2)12-19(13-16(21)3)17-7-8-20-18(14-17)9-10-24(4,5)22(20)25-23(26)27/h7-8,12-14,22,25H,6,9-11H2,1-5H3,(H,26,27)/t22-/m0/s1. The van der Waals surface area contributed by atoms with Gasteiger partial charge in [0.25, 0.3) is 0 Å². The maximum Gasteiger partial charge on any atom is 0.405 e. The summed E-state index contributed by atoms with van der Waals surface area (Å²) >= 11 is 0. The van der Waals surface area contributed by atoms with Crippen molar-refractivity contribution in [2.45, 2.75) is 59.9 Å². The van der Waals surface area contributed by atoms with E-state index in [1.807, 2.05) is 0 Å². The molecule has 0 spiro atoms. The normalized spacial score (nSPS) is 17.7. The lowest BCUT2D eigenvalue weighted by Gasteiger charge is -2.40.